The molecule has 1 unspecified atom stereocenters. The summed E-state index contributed by atoms with van der Waals surface area (Å²) in [7, 11) is 4.36. The first-order valence-electron chi connectivity index (χ1n) is 14.9. The number of hydrogen-bond acceptors (Lipinski definition) is 8. The van der Waals surface area contributed by atoms with E-state index in [0.717, 1.165) is 17.1 Å². The molecule has 0 saturated carbocycles. The van der Waals surface area contributed by atoms with Crippen LogP contribution < -0.4 is 15.8 Å². The number of carbonyl (C=O) groups is 1. The normalized spacial score (nSPS) is 12.8. The van der Waals surface area contributed by atoms with Gasteiger partial charge in [-0.15, -0.1) is 13.2 Å². The Morgan fingerprint density at radius 1 is 1.08 bits per heavy atom. The minimum Gasteiger partial charge on any atom is -0.403 e. The van der Waals surface area contributed by atoms with Crippen molar-refractivity contribution in [2.45, 2.75) is 53.9 Å². The number of alkyl halides is 4. The van der Waals surface area contributed by atoms with Crippen molar-refractivity contribution >= 4 is 23.7 Å². The van der Waals surface area contributed by atoms with Gasteiger partial charge in [-0.3, -0.25) is 19.7 Å². The zero-order chi connectivity index (χ0) is 36.5. The highest BCUT2D eigenvalue weighted by molar-refractivity contribution is 6.10. The molecule has 48 heavy (non-hydrogen) atoms. The van der Waals surface area contributed by atoms with E-state index < -0.39 is 30.9 Å². The molecule has 0 aliphatic rings. The number of hydrogen-bond donors (Lipinski definition) is 2. The van der Waals surface area contributed by atoms with E-state index in [4.69, 9.17) is 10.5 Å². The van der Waals surface area contributed by atoms with Crippen LogP contribution in [0.4, 0.5) is 17.6 Å². The fraction of sp³-hybridized carbons (Fsp3) is 0.424. The quantitative estimate of drug-likeness (QED) is 0.101. The predicted molar refractivity (Wildman–Crippen MR) is 181 cm³/mol. The summed E-state index contributed by atoms with van der Waals surface area (Å²) in [6, 6.07) is 9.30. The Kier molecular flexibility index (Phi) is 17.0. The number of benzene rings is 2. The van der Waals surface area contributed by atoms with Crippen LogP contribution in [-0.2, 0) is 4.74 Å². The van der Waals surface area contributed by atoms with Crippen LogP contribution in [0, 0.1) is 5.41 Å². The number of methoxy groups -OCH3 is 1. The van der Waals surface area contributed by atoms with Crippen molar-refractivity contribution in [1.29, 1.82) is 0 Å². The third kappa shape index (κ3) is 13.5. The molecule has 0 aliphatic carbocycles. The predicted octanol–water partition coefficient (Wildman–Crippen LogP) is 6.58. The van der Waals surface area contributed by atoms with Crippen LogP contribution in [0.5, 0.6) is 5.75 Å². The number of carbonyl (C=O) groups excluding carboxylic acids is 1. The minimum atomic E-state index is -4.96. The monoisotopic (exact) mass is 678 g/mol. The van der Waals surface area contributed by atoms with Crippen LogP contribution in [0.1, 0.15) is 69.1 Å². The summed E-state index contributed by atoms with van der Waals surface area (Å²) < 4.78 is 62.5. The minimum absolute atomic E-state index is 0.0824. The molecule has 264 valence electrons. The van der Waals surface area contributed by atoms with Crippen LogP contribution in [-0.4, -0.2) is 78.7 Å². The molecule has 0 fully saturated rings. The summed E-state index contributed by atoms with van der Waals surface area (Å²) in [5.74, 6) is -1.25. The number of nitrogens with two attached hydrogens (primary N) is 1. The van der Waals surface area contributed by atoms with Crippen molar-refractivity contribution in [1.82, 2.24) is 25.0 Å². The molecule has 0 bridgehead atoms. The standard InChI is InChI=1S/C26H28F4N8O3.C5H12.C2H6/c1-32-11-20(12-34-14-27)17-4-6-18(7-5-17)24(39)38(25(31)33-2)22(13-40-3)19-8-9-23(41-26(28,29)30)21(10-19)37-16-35-15-36-37;1-5(2,3)4;1-2/h4-12,15-16,22,34H,13-14H2,1-3H3,(H2,31,33);1-4H3;1-2H3/b20-12+,32-11?;;. The number of guanidine groups is 1. The van der Waals surface area contributed by atoms with Gasteiger partial charge in [0.05, 0.1) is 12.6 Å². The van der Waals surface area contributed by atoms with E-state index in [1.165, 1.54) is 49.9 Å². The summed E-state index contributed by atoms with van der Waals surface area (Å²) in [6.45, 7) is 11.9. The van der Waals surface area contributed by atoms with Crippen LogP contribution >= 0.6 is 0 Å². The molecule has 1 aromatic heterocycles. The first-order chi connectivity index (χ1) is 22.6. The average molecular weight is 679 g/mol. The molecule has 3 aromatic rings. The number of amides is 1. The number of ether oxygens (including phenoxy) is 2. The molecule has 0 aliphatic heterocycles. The van der Waals surface area contributed by atoms with Crippen molar-refractivity contribution < 1.29 is 31.8 Å². The van der Waals surface area contributed by atoms with Crippen molar-refractivity contribution in [3.05, 3.63) is 78.0 Å². The van der Waals surface area contributed by atoms with Crippen LogP contribution in [0.2, 0.25) is 0 Å². The topological polar surface area (TPSA) is 132 Å². The van der Waals surface area contributed by atoms with Crippen LogP contribution in [0.15, 0.2) is 71.3 Å². The third-order valence-corrected chi connectivity index (χ3v) is 5.66. The Morgan fingerprint density at radius 2 is 1.69 bits per heavy atom. The van der Waals surface area contributed by atoms with Crippen molar-refractivity contribution in [3.8, 4) is 11.4 Å². The fourth-order valence-corrected chi connectivity index (χ4v) is 3.88. The van der Waals surface area contributed by atoms with Crippen molar-refractivity contribution in [2.75, 3.05) is 34.6 Å². The second-order valence-electron chi connectivity index (χ2n) is 11.2. The fourth-order valence-electron chi connectivity index (χ4n) is 3.88. The molecule has 0 spiro atoms. The number of rotatable bonds is 11. The number of nitrogens with zero attached hydrogens (tertiary/aromatic N) is 6. The molecule has 3 N–H and O–H groups in total. The Bertz CT molecular complexity index is 1480. The van der Waals surface area contributed by atoms with E-state index >= 15 is 0 Å². The van der Waals surface area contributed by atoms with E-state index in [9.17, 15) is 22.4 Å². The SMILES string of the molecule is CC.CC(C)(C)C.CN=C/C(=C\NCF)c1ccc(C(=O)N(C(N)=NC)C(COC)c2ccc(OC(F)(F)F)c(-n3cncn3)c2)cc1. The van der Waals surface area contributed by atoms with Crippen LogP contribution in [0.3, 0.4) is 0 Å². The van der Waals surface area contributed by atoms with Gasteiger partial charge in [-0.2, -0.15) is 5.10 Å². The maximum atomic E-state index is 13.8. The molecular formula is C33H46F4N8O3. The molecule has 1 atom stereocenters. The zero-order valence-corrected chi connectivity index (χ0v) is 28.8. The van der Waals surface area contributed by atoms with Crippen LogP contribution in [0.25, 0.3) is 11.3 Å². The second-order valence-corrected chi connectivity index (χ2v) is 11.2. The lowest BCUT2D eigenvalue weighted by Gasteiger charge is -2.31. The van der Waals surface area contributed by atoms with Crippen molar-refractivity contribution in [2.24, 2.45) is 21.1 Å². The smallest absolute Gasteiger partial charge is 0.403 e. The summed E-state index contributed by atoms with van der Waals surface area (Å²) >= 11 is 0. The summed E-state index contributed by atoms with van der Waals surface area (Å²) in [5.41, 5.74) is 8.40. The maximum absolute atomic E-state index is 13.8. The molecule has 15 heteroatoms. The Labute approximate surface area is 279 Å². The summed E-state index contributed by atoms with van der Waals surface area (Å²) in [6.07, 6.45) is 0.371. The molecule has 1 heterocycles. The number of halogens is 4. The molecule has 0 radical (unpaired) electrons. The van der Waals surface area contributed by atoms with Gasteiger partial charge in [0.2, 0.25) is 0 Å². The van der Waals surface area contributed by atoms with Gasteiger partial charge in [0, 0.05) is 44.8 Å². The Morgan fingerprint density at radius 3 is 2.17 bits per heavy atom. The highest BCUT2D eigenvalue weighted by atomic mass is 19.4. The number of allylic oxidation sites excluding steroid dienone is 1. The highest BCUT2D eigenvalue weighted by Gasteiger charge is 2.34. The van der Waals surface area contributed by atoms with Gasteiger partial charge in [0.25, 0.3) is 5.91 Å². The zero-order valence-electron chi connectivity index (χ0n) is 28.8. The lowest BCUT2D eigenvalue weighted by atomic mass is 10.0. The van der Waals surface area contributed by atoms with E-state index in [0.29, 0.717) is 22.1 Å². The molecule has 1 amide bonds. The van der Waals surface area contributed by atoms with Gasteiger partial charge in [0.1, 0.15) is 18.3 Å². The van der Waals surface area contributed by atoms with Gasteiger partial charge in [-0.05, 0) is 40.8 Å². The summed E-state index contributed by atoms with van der Waals surface area (Å²) in [5, 5.41) is 6.38. The lowest BCUT2D eigenvalue weighted by Crippen LogP contribution is -2.46. The third-order valence-electron chi connectivity index (χ3n) is 5.66. The first kappa shape index (κ1) is 41.2. The molecule has 11 nitrogen and oxygen atoms in total. The van der Waals surface area contributed by atoms with E-state index in [-0.39, 0.29) is 23.8 Å². The molecule has 3 rings (SSSR count). The van der Waals surface area contributed by atoms with Gasteiger partial charge in [-0.1, -0.05) is 59.7 Å². The lowest BCUT2D eigenvalue weighted by molar-refractivity contribution is -0.274. The van der Waals surface area contributed by atoms with Gasteiger partial charge in [0.15, 0.2) is 18.5 Å². The maximum Gasteiger partial charge on any atom is 0.573 e. The van der Waals surface area contributed by atoms with E-state index in [2.05, 4.69) is 57.8 Å². The number of aliphatic imine (C=N–C) groups is 2. The molecule has 0 saturated heterocycles. The van der Waals surface area contributed by atoms with Gasteiger partial charge >= 0.3 is 6.36 Å². The molecular weight excluding hydrogens is 632 g/mol. The second kappa shape index (κ2) is 19.8. The highest BCUT2D eigenvalue weighted by Crippen LogP contribution is 2.33. The van der Waals surface area contributed by atoms with E-state index in [1.807, 2.05) is 13.8 Å². The number of nitrogens with one attached hydrogen (secondary N) is 1. The largest absolute Gasteiger partial charge is 0.573 e. The van der Waals surface area contributed by atoms with Gasteiger partial charge < -0.3 is 20.5 Å². The Balaban J connectivity index is 0.00000150. The summed E-state index contributed by atoms with van der Waals surface area (Å²) in [4.78, 5) is 26.7. The number of aromatic nitrogens is 3. The Hall–Kier alpha value is -4.79. The average Bonchev–Trinajstić information content (AvgIpc) is 3.57. The first-order valence-corrected chi connectivity index (χ1v) is 14.9. The van der Waals surface area contributed by atoms with E-state index in [1.54, 1.807) is 31.3 Å². The molecule has 2 aromatic carbocycles. The van der Waals surface area contributed by atoms with Crippen molar-refractivity contribution in [3.63, 3.8) is 0 Å². The van der Waals surface area contributed by atoms with Gasteiger partial charge in [-0.25, -0.2) is 14.1 Å².